The fourth-order valence-electron chi connectivity index (χ4n) is 2.24. The number of sulfonamides is 1. The first-order valence-electron chi connectivity index (χ1n) is 7.06. The van der Waals surface area contributed by atoms with Crippen molar-refractivity contribution in [3.63, 3.8) is 0 Å². The summed E-state index contributed by atoms with van der Waals surface area (Å²) >= 11 is 0. The minimum Gasteiger partial charge on any atom is -0.327 e. The van der Waals surface area contributed by atoms with Crippen molar-refractivity contribution < 1.29 is 12.8 Å². The van der Waals surface area contributed by atoms with E-state index in [0.717, 1.165) is 0 Å². The summed E-state index contributed by atoms with van der Waals surface area (Å²) in [7, 11) is -2.09. The predicted molar refractivity (Wildman–Crippen MR) is 90.4 cm³/mol. The van der Waals surface area contributed by atoms with Gasteiger partial charge in [0.15, 0.2) is 0 Å². The second-order valence-electron chi connectivity index (χ2n) is 5.89. The summed E-state index contributed by atoms with van der Waals surface area (Å²) in [6, 6.07) is 2.44. The molecule has 128 valence electrons. The summed E-state index contributed by atoms with van der Waals surface area (Å²) < 4.78 is 39.9. The second kappa shape index (κ2) is 8.24. The van der Waals surface area contributed by atoms with Crippen LogP contribution in [0, 0.1) is 25.6 Å². The van der Waals surface area contributed by atoms with Crippen LogP contribution in [-0.2, 0) is 10.0 Å². The monoisotopic (exact) mass is 352 g/mol. The molecule has 7 heteroatoms. The van der Waals surface area contributed by atoms with Crippen molar-refractivity contribution in [2.24, 2.45) is 11.7 Å². The average molecular weight is 353 g/mol. The van der Waals surface area contributed by atoms with Crippen LogP contribution in [0.1, 0.15) is 31.4 Å². The molecule has 0 aliphatic rings. The Balaban J connectivity index is 0.00000441. The molecule has 1 aromatic carbocycles. The van der Waals surface area contributed by atoms with E-state index < -0.39 is 15.8 Å². The standard InChI is InChI=1S/C15H25FN2O2S.ClH/c1-10(2)14(17)6-7-18(5)21(19,20)15-11(3)8-13(16)9-12(15)4;/h8-10,14H,6-7,17H2,1-5H3;1H. The van der Waals surface area contributed by atoms with Gasteiger partial charge in [-0.1, -0.05) is 13.8 Å². The molecular weight excluding hydrogens is 327 g/mol. The van der Waals surface area contributed by atoms with Crippen molar-refractivity contribution in [2.45, 2.75) is 45.1 Å². The van der Waals surface area contributed by atoms with Crippen LogP contribution < -0.4 is 5.73 Å². The largest absolute Gasteiger partial charge is 0.327 e. The third-order valence-corrected chi connectivity index (χ3v) is 5.89. The zero-order chi connectivity index (χ0) is 16.4. The van der Waals surface area contributed by atoms with Crippen LogP contribution in [0.5, 0.6) is 0 Å². The first kappa shape index (κ1) is 21.3. The van der Waals surface area contributed by atoms with Gasteiger partial charge in [-0.2, -0.15) is 0 Å². The third-order valence-electron chi connectivity index (χ3n) is 3.73. The maximum absolute atomic E-state index is 13.3. The molecule has 0 aliphatic heterocycles. The highest BCUT2D eigenvalue weighted by Gasteiger charge is 2.25. The number of hydrogen-bond donors (Lipinski definition) is 1. The molecule has 1 atom stereocenters. The maximum atomic E-state index is 13.3. The van der Waals surface area contributed by atoms with Crippen LogP contribution in [-0.4, -0.2) is 32.4 Å². The van der Waals surface area contributed by atoms with Crippen LogP contribution in [0.15, 0.2) is 17.0 Å². The van der Waals surface area contributed by atoms with E-state index in [9.17, 15) is 12.8 Å². The molecule has 4 nitrogen and oxygen atoms in total. The number of rotatable bonds is 6. The van der Waals surface area contributed by atoms with E-state index in [-0.39, 0.29) is 23.3 Å². The van der Waals surface area contributed by atoms with Crippen molar-refractivity contribution in [3.8, 4) is 0 Å². The van der Waals surface area contributed by atoms with Gasteiger partial charge in [0.25, 0.3) is 0 Å². The van der Waals surface area contributed by atoms with E-state index in [1.54, 1.807) is 13.8 Å². The van der Waals surface area contributed by atoms with Gasteiger partial charge in [-0.25, -0.2) is 17.1 Å². The number of nitrogens with zero attached hydrogens (tertiary/aromatic N) is 1. The molecule has 1 unspecified atom stereocenters. The number of aryl methyl sites for hydroxylation is 2. The molecule has 1 rings (SSSR count). The lowest BCUT2D eigenvalue weighted by atomic mass is 10.0. The molecule has 0 aromatic heterocycles. The highest BCUT2D eigenvalue weighted by molar-refractivity contribution is 7.89. The summed E-state index contributed by atoms with van der Waals surface area (Å²) in [6.07, 6.45) is 0.590. The molecule has 0 radical (unpaired) electrons. The molecular formula is C15H26ClFN2O2S. The Morgan fingerprint density at radius 3 is 2.09 bits per heavy atom. The van der Waals surface area contributed by atoms with Crippen LogP contribution in [0.4, 0.5) is 4.39 Å². The SMILES string of the molecule is Cc1cc(F)cc(C)c1S(=O)(=O)N(C)CCC(N)C(C)C.Cl. The Morgan fingerprint density at radius 1 is 1.23 bits per heavy atom. The average Bonchev–Trinajstić information content (AvgIpc) is 2.33. The minimum atomic E-state index is -3.63. The quantitative estimate of drug-likeness (QED) is 0.856. The van der Waals surface area contributed by atoms with Gasteiger partial charge >= 0.3 is 0 Å². The summed E-state index contributed by atoms with van der Waals surface area (Å²) in [6.45, 7) is 7.58. The molecule has 0 spiro atoms. The minimum absolute atomic E-state index is 0. The van der Waals surface area contributed by atoms with E-state index in [1.807, 2.05) is 13.8 Å². The molecule has 0 fully saturated rings. The van der Waals surface area contributed by atoms with Crippen LogP contribution in [0.25, 0.3) is 0 Å². The van der Waals surface area contributed by atoms with Crippen LogP contribution in [0.2, 0.25) is 0 Å². The molecule has 1 aromatic rings. The van der Waals surface area contributed by atoms with Crippen molar-refractivity contribution in [1.82, 2.24) is 4.31 Å². The third kappa shape index (κ3) is 4.91. The summed E-state index contributed by atoms with van der Waals surface area (Å²) in [5, 5.41) is 0. The summed E-state index contributed by atoms with van der Waals surface area (Å²) in [5.74, 6) is -0.121. The molecule has 0 bridgehead atoms. The zero-order valence-corrected chi connectivity index (χ0v) is 15.4. The fourth-order valence-corrected chi connectivity index (χ4v) is 3.83. The molecule has 0 saturated carbocycles. The van der Waals surface area contributed by atoms with Crippen molar-refractivity contribution in [3.05, 3.63) is 29.1 Å². The van der Waals surface area contributed by atoms with E-state index in [0.29, 0.717) is 30.0 Å². The number of hydrogen-bond acceptors (Lipinski definition) is 3. The highest BCUT2D eigenvalue weighted by Crippen LogP contribution is 2.24. The Morgan fingerprint density at radius 2 is 1.68 bits per heavy atom. The highest BCUT2D eigenvalue weighted by atomic mass is 35.5. The van der Waals surface area contributed by atoms with Crippen molar-refractivity contribution in [2.75, 3.05) is 13.6 Å². The van der Waals surface area contributed by atoms with Gasteiger partial charge in [0.1, 0.15) is 5.82 Å². The molecule has 0 heterocycles. The van der Waals surface area contributed by atoms with E-state index >= 15 is 0 Å². The van der Waals surface area contributed by atoms with Gasteiger partial charge in [0.05, 0.1) is 4.90 Å². The maximum Gasteiger partial charge on any atom is 0.243 e. The van der Waals surface area contributed by atoms with Gasteiger partial charge in [0.2, 0.25) is 10.0 Å². The fraction of sp³-hybridized carbons (Fsp3) is 0.600. The van der Waals surface area contributed by atoms with E-state index in [4.69, 9.17) is 5.73 Å². The van der Waals surface area contributed by atoms with Gasteiger partial charge in [-0.05, 0) is 49.4 Å². The van der Waals surface area contributed by atoms with E-state index in [1.165, 1.54) is 23.5 Å². The lowest BCUT2D eigenvalue weighted by Crippen LogP contribution is -2.35. The number of benzene rings is 1. The summed E-state index contributed by atoms with van der Waals surface area (Å²) in [4.78, 5) is 0.185. The Hall–Kier alpha value is -0.690. The first-order chi connectivity index (χ1) is 9.57. The van der Waals surface area contributed by atoms with Crippen molar-refractivity contribution in [1.29, 1.82) is 0 Å². The van der Waals surface area contributed by atoms with Gasteiger partial charge in [0, 0.05) is 19.6 Å². The molecule has 0 aliphatic carbocycles. The smallest absolute Gasteiger partial charge is 0.243 e. The van der Waals surface area contributed by atoms with Crippen LogP contribution in [0.3, 0.4) is 0 Å². The Bertz CT molecular complexity index is 583. The molecule has 0 saturated heterocycles. The molecule has 0 amide bonds. The van der Waals surface area contributed by atoms with Crippen molar-refractivity contribution >= 4 is 22.4 Å². The van der Waals surface area contributed by atoms with Gasteiger partial charge in [-0.3, -0.25) is 0 Å². The topological polar surface area (TPSA) is 63.4 Å². The summed E-state index contributed by atoms with van der Waals surface area (Å²) in [5.41, 5.74) is 6.80. The van der Waals surface area contributed by atoms with E-state index in [2.05, 4.69) is 0 Å². The predicted octanol–water partition coefficient (Wildman–Crippen LogP) is 2.86. The zero-order valence-electron chi connectivity index (χ0n) is 13.8. The lowest BCUT2D eigenvalue weighted by Gasteiger charge is -2.23. The number of halogens is 2. The Labute approximate surface area is 139 Å². The Kier molecular flexibility index (Phi) is 7.98. The van der Waals surface area contributed by atoms with Gasteiger partial charge in [-0.15, -0.1) is 12.4 Å². The molecule has 22 heavy (non-hydrogen) atoms. The second-order valence-corrected chi connectivity index (χ2v) is 7.87. The lowest BCUT2D eigenvalue weighted by molar-refractivity contribution is 0.397. The van der Waals surface area contributed by atoms with Crippen LogP contribution >= 0.6 is 12.4 Å². The number of nitrogens with two attached hydrogens (primary N) is 1. The van der Waals surface area contributed by atoms with Gasteiger partial charge < -0.3 is 5.73 Å². The molecule has 2 N–H and O–H groups in total. The normalized spacial score (nSPS) is 13.3. The first-order valence-corrected chi connectivity index (χ1v) is 8.50.